The summed E-state index contributed by atoms with van der Waals surface area (Å²) in [6.45, 7) is 2.46. The number of ether oxygens (including phenoxy) is 1. The fourth-order valence-electron chi connectivity index (χ4n) is 3.52. The second-order valence-electron chi connectivity index (χ2n) is 7.71. The monoisotopic (exact) mass is 471 g/mol. The molecular formula is C24H22FN9O. The van der Waals surface area contributed by atoms with Crippen molar-refractivity contribution in [3.05, 3.63) is 79.0 Å². The molecule has 0 amide bonds. The number of morpholine rings is 1. The van der Waals surface area contributed by atoms with Crippen molar-refractivity contribution in [2.75, 3.05) is 36.5 Å². The van der Waals surface area contributed by atoms with Gasteiger partial charge in [-0.05, 0) is 29.8 Å². The highest BCUT2D eigenvalue weighted by Gasteiger charge is 2.17. The third-order valence-electron chi connectivity index (χ3n) is 5.31. The zero-order valence-corrected chi connectivity index (χ0v) is 18.8. The Balaban J connectivity index is 1.18. The molecule has 0 bridgehead atoms. The number of nitrogens with one attached hydrogen (secondary N) is 1. The van der Waals surface area contributed by atoms with Crippen LogP contribution in [-0.2, 0) is 11.3 Å². The predicted octanol–water partition coefficient (Wildman–Crippen LogP) is 4.33. The van der Waals surface area contributed by atoms with Gasteiger partial charge in [-0.2, -0.15) is 10.1 Å². The van der Waals surface area contributed by atoms with Gasteiger partial charge in [-0.25, -0.2) is 19.3 Å². The van der Waals surface area contributed by atoms with E-state index in [1.807, 2.05) is 41.3 Å². The maximum Gasteiger partial charge on any atom is 0.270 e. The molecule has 4 aromatic rings. The SMILES string of the molecule is Fc1cnc(N=NCc2ccc(Nc3ccc(-c4cncnc4)cc3)cn2)nc1N1CCOCC1. The van der Waals surface area contributed by atoms with Crippen LogP contribution in [0.1, 0.15) is 5.69 Å². The highest BCUT2D eigenvalue weighted by molar-refractivity contribution is 5.67. The lowest BCUT2D eigenvalue weighted by atomic mass is 10.1. The largest absolute Gasteiger partial charge is 0.378 e. The van der Waals surface area contributed by atoms with Crippen LogP contribution in [0.5, 0.6) is 0 Å². The number of benzene rings is 1. The van der Waals surface area contributed by atoms with Gasteiger partial charge in [0.2, 0.25) is 0 Å². The van der Waals surface area contributed by atoms with Crippen molar-refractivity contribution in [3.8, 4) is 11.1 Å². The van der Waals surface area contributed by atoms with E-state index in [9.17, 15) is 4.39 Å². The maximum absolute atomic E-state index is 14.1. The molecule has 4 heterocycles. The van der Waals surface area contributed by atoms with Crippen LogP contribution in [0.3, 0.4) is 0 Å². The summed E-state index contributed by atoms with van der Waals surface area (Å²) >= 11 is 0. The third kappa shape index (κ3) is 5.76. The molecular weight excluding hydrogens is 449 g/mol. The van der Waals surface area contributed by atoms with Gasteiger partial charge < -0.3 is 15.0 Å². The van der Waals surface area contributed by atoms with Gasteiger partial charge in [0.25, 0.3) is 5.95 Å². The number of aromatic nitrogens is 5. The molecule has 1 saturated heterocycles. The summed E-state index contributed by atoms with van der Waals surface area (Å²) in [6, 6.07) is 11.8. The number of halogens is 1. The molecule has 1 fully saturated rings. The van der Waals surface area contributed by atoms with Crippen LogP contribution in [0.4, 0.5) is 27.5 Å². The van der Waals surface area contributed by atoms with Crippen LogP contribution < -0.4 is 10.2 Å². The van der Waals surface area contributed by atoms with Crippen molar-refractivity contribution in [2.45, 2.75) is 6.54 Å². The Morgan fingerprint density at radius 2 is 1.66 bits per heavy atom. The molecule has 1 aliphatic heterocycles. The van der Waals surface area contributed by atoms with Gasteiger partial charge in [0.15, 0.2) is 11.6 Å². The second-order valence-corrected chi connectivity index (χ2v) is 7.71. The van der Waals surface area contributed by atoms with E-state index in [1.54, 1.807) is 18.6 Å². The minimum Gasteiger partial charge on any atom is -0.378 e. The van der Waals surface area contributed by atoms with Gasteiger partial charge in [-0.15, -0.1) is 5.11 Å². The van der Waals surface area contributed by atoms with Crippen LogP contribution in [0, 0.1) is 5.82 Å². The minimum absolute atomic E-state index is 0.108. The van der Waals surface area contributed by atoms with Crippen LogP contribution in [0.2, 0.25) is 0 Å². The predicted molar refractivity (Wildman–Crippen MR) is 128 cm³/mol. The van der Waals surface area contributed by atoms with Crippen molar-refractivity contribution >= 4 is 23.1 Å². The average molecular weight is 472 g/mol. The molecule has 0 radical (unpaired) electrons. The molecule has 1 aliphatic rings. The molecule has 11 heteroatoms. The van der Waals surface area contributed by atoms with Crippen molar-refractivity contribution in [1.82, 2.24) is 24.9 Å². The number of hydrogen-bond donors (Lipinski definition) is 1. The molecule has 0 saturated carbocycles. The first-order chi connectivity index (χ1) is 17.2. The van der Waals surface area contributed by atoms with E-state index in [0.29, 0.717) is 26.3 Å². The Morgan fingerprint density at radius 1 is 0.886 bits per heavy atom. The number of nitrogens with zero attached hydrogens (tertiary/aromatic N) is 8. The average Bonchev–Trinajstić information content (AvgIpc) is 2.92. The number of rotatable bonds is 7. The van der Waals surface area contributed by atoms with E-state index in [2.05, 4.69) is 40.5 Å². The lowest BCUT2D eigenvalue weighted by molar-refractivity contribution is 0.122. The lowest BCUT2D eigenvalue weighted by Gasteiger charge is -2.27. The topological polar surface area (TPSA) is 114 Å². The number of pyridine rings is 1. The van der Waals surface area contributed by atoms with Gasteiger partial charge in [0, 0.05) is 36.7 Å². The zero-order valence-electron chi connectivity index (χ0n) is 18.8. The number of hydrogen-bond acceptors (Lipinski definition) is 10. The molecule has 3 aromatic heterocycles. The Morgan fingerprint density at radius 3 is 2.40 bits per heavy atom. The molecule has 10 nitrogen and oxygen atoms in total. The van der Waals surface area contributed by atoms with Gasteiger partial charge in [0.05, 0.1) is 37.0 Å². The third-order valence-corrected chi connectivity index (χ3v) is 5.31. The Labute approximate surface area is 201 Å². The number of azo groups is 1. The molecule has 176 valence electrons. The summed E-state index contributed by atoms with van der Waals surface area (Å²) in [5, 5.41) is 11.5. The van der Waals surface area contributed by atoms with E-state index in [0.717, 1.165) is 34.4 Å². The molecule has 0 atom stereocenters. The fraction of sp³-hybridized carbons (Fsp3) is 0.208. The first kappa shape index (κ1) is 22.4. The summed E-state index contributed by atoms with van der Waals surface area (Å²) < 4.78 is 19.4. The minimum atomic E-state index is -0.487. The second kappa shape index (κ2) is 10.7. The molecule has 1 N–H and O–H groups in total. The quantitative estimate of drug-likeness (QED) is 0.396. The number of anilines is 3. The van der Waals surface area contributed by atoms with Crippen LogP contribution in [-0.4, -0.2) is 51.2 Å². The molecule has 1 aromatic carbocycles. The molecule has 0 unspecified atom stereocenters. The fourth-order valence-corrected chi connectivity index (χ4v) is 3.52. The Kier molecular flexibility index (Phi) is 6.85. The van der Waals surface area contributed by atoms with Crippen LogP contribution in [0.15, 0.2) is 77.7 Å². The highest BCUT2D eigenvalue weighted by atomic mass is 19.1. The van der Waals surface area contributed by atoms with E-state index in [-0.39, 0.29) is 18.3 Å². The van der Waals surface area contributed by atoms with Crippen LogP contribution in [0.25, 0.3) is 11.1 Å². The molecule has 5 rings (SSSR count). The summed E-state index contributed by atoms with van der Waals surface area (Å²) in [4.78, 5) is 22.4. The van der Waals surface area contributed by atoms with E-state index < -0.39 is 5.82 Å². The first-order valence-electron chi connectivity index (χ1n) is 11.0. The summed E-state index contributed by atoms with van der Waals surface area (Å²) in [5.41, 5.74) is 4.51. The van der Waals surface area contributed by atoms with Crippen molar-refractivity contribution < 1.29 is 9.13 Å². The van der Waals surface area contributed by atoms with E-state index >= 15 is 0 Å². The Bertz CT molecular complexity index is 1280. The summed E-state index contributed by atoms with van der Waals surface area (Å²) in [5.74, 6) is -0.160. The normalized spacial score (nSPS) is 13.8. The van der Waals surface area contributed by atoms with Crippen molar-refractivity contribution in [1.29, 1.82) is 0 Å². The lowest BCUT2D eigenvalue weighted by Crippen LogP contribution is -2.37. The van der Waals surface area contributed by atoms with E-state index in [4.69, 9.17) is 4.74 Å². The highest BCUT2D eigenvalue weighted by Crippen LogP contribution is 2.23. The molecule has 0 spiro atoms. The van der Waals surface area contributed by atoms with Gasteiger partial charge >= 0.3 is 0 Å². The zero-order chi connectivity index (χ0) is 23.9. The maximum atomic E-state index is 14.1. The molecule has 0 aliphatic carbocycles. The molecule has 35 heavy (non-hydrogen) atoms. The smallest absolute Gasteiger partial charge is 0.270 e. The van der Waals surface area contributed by atoms with Crippen LogP contribution >= 0.6 is 0 Å². The van der Waals surface area contributed by atoms with Gasteiger partial charge in [0.1, 0.15) is 12.9 Å². The summed E-state index contributed by atoms with van der Waals surface area (Å²) in [6.07, 6.45) is 7.91. The van der Waals surface area contributed by atoms with Gasteiger partial charge in [-0.1, -0.05) is 12.1 Å². The first-order valence-corrected chi connectivity index (χ1v) is 11.0. The Hall–Kier alpha value is -4.38. The summed E-state index contributed by atoms with van der Waals surface area (Å²) in [7, 11) is 0. The van der Waals surface area contributed by atoms with E-state index in [1.165, 1.54) is 6.33 Å². The van der Waals surface area contributed by atoms with Crippen molar-refractivity contribution in [3.63, 3.8) is 0 Å². The standard InChI is InChI=1S/C24H22FN9O/c25-22-15-29-24(32-23(22)34-7-9-35-10-8-34)33-30-14-20-5-6-21(13-28-20)31-19-3-1-17(2-4-19)18-11-26-16-27-12-18/h1-6,11-13,15-16,31H,7-10,14H2. The van der Waals surface area contributed by atoms with Crippen molar-refractivity contribution in [2.24, 2.45) is 10.2 Å². The van der Waals surface area contributed by atoms with Gasteiger partial charge in [-0.3, -0.25) is 4.98 Å².